The minimum Gasteiger partial charge on any atom is -0.394 e. The number of aliphatic hydroxyl groups excluding tert-OH is 4. The fraction of sp³-hybridized carbons (Fsp3) is 0.857. The van der Waals surface area contributed by atoms with Crippen LogP contribution in [0.15, 0.2) is 24.3 Å². The van der Waals surface area contributed by atoms with E-state index in [1.807, 2.05) is 0 Å². The zero-order chi connectivity index (χ0) is 30.4. The second-order valence-electron chi connectivity index (χ2n) is 11.8. The maximum Gasteiger partial charge on any atom is 0.249 e. The fourth-order valence-electron chi connectivity index (χ4n) is 5.04. The third-order valence-corrected chi connectivity index (χ3v) is 7.88. The van der Waals surface area contributed by atoms with Crippen LogP contribution in [0.5, 0.6) is 0 Å². The van der Waals surface area contributed by atoms with Gasteiger partial charge in [0.05, 0.1) is 18.8 Å². The number of nitrogens with one attached hydrogen (secondary N) is 1. The molecular weight excluding hydrogens is 514 g/mol. The van der Waals surface area contributed by atoms with Crippen molar-refractivity contribution in [1.29, 1.82) is 0 Å². The monoisotopic (exact) mass is 582 g/mol. The van der Waals surface area contributed by atoms with Crippen molar-refractivity contribution in [3.63, 3.8) is 0 Å². The first kappa shape index (κ1) is 39.8. The summed E-state index contributed by atoms with van der Waals surface area (Å²) >= 11 is 0. The lowest BCUT2D eigenvalue weighted by Crippen LogP contribution is -2.53. The average Bonchev–Trinajstić information content (AvgIpc) is 2.98. The molecular formula is C35H67NO5. The van der Waals surface area contributed by atoms with E-state index in [0.717, 1.165) is 44.9 Å². The first-order valence-electron chi connectivity index (χ1n) is 17.2. The predicted octanol–water partition coefficient (Wildman–Crippen LogP) is 7.67. The van der Waals surface area contributed by atoms with Gasteiger partial charge in [-0.15, -0.1) is 0 Å². The zero-order valence-electron chi connectivity index (χ0n) is 26.8. The highest BCUT2D eigenvalue weighted by atomic mass is 16.3. The van der Waals surface area contributed by atoms with Gasteiger partial charge in [0, 0.05) is 0 Å². The van der Waals surface area contributed by atoms with Gasteiger partial charge >= 0.3 is 0 Å². The molecule has 0 aliphatic carbocycles. The largest absolute Gasteiger partial charge is 0.394 e. The van der Waals surface area contributed by atoms with E-state index >= 15 is 0 Å². The summed E-state index contributed by atoms with van der Waals surface area (Å²) in [5.74, 6) is -0.607. The van der Waals surface area contributed by atoms with Gasteiger partial charge in [0.25, 0.3) is 0 Å². The topological polar surface area (TPSA) is 110 Å². The van der Waals surface area contributed by atoms with Crippen molar-refractivity contribution in [2.24, 2.45) is 0 Å². The highest BCUT2D eigenvalue weighted by molar-refractivity contribution is 5.80. The highest BCUT2D eigenvalue weighted by Crippen LogP contribution is 2.13. The van der Waals surface area contributed by atoms with Crippen LogP contribution in [0.25, 0.3) is 0 Å². The van der Waals surface area contributed by atoms with Crippen LogP contribution in [0.4, 0.5) is 0 Å². The van der Waals surface area contributed by atoms with Gasteiger partial charge < -0.3 is 25.7 Å². The van der Waals surface area contributed by atoms with E-state index in [0.29, 0.717) is 19.3 Å². The lowest BCUT2D eigenvalue weighted by atomic mass is 10.00. The van der Waals surface area contributed by atoms with Crippen LogP contribution in [0.2, 0.25) is 0 Å². The summed E-state index contributed by atoms with van der Waals surface area (Å²) in [4.78, 5) is 12.4. The Bertz CT molecular complexity index is 624. The van der Waals surface area contributed by atoms with Gasteiger partial charge in [0.15, 0.2) is 0 Å². The number of amides is 1. The summed E-state index contributed by atoms with van der Waals surface area (Å²) in [7, 11) is 0. The van der Waals surface area contributed by atoms with Crippen molar-refractivity contribution in [1.82, 2.24) is 5.32 Å². The maximum absolute atomic E-state index is 12.4. The van der Waals surface area contributed by atoms with Crippen molar-refractivity contribution < 1.29 is 25.2 Å². The molecule has 4 unspecified atom stereocenters. The second kappa shape index (κ2) is 30.3. The van der Waals surface area contributed by atoms with Crippen molar-refractivity contribution >= 4 is 5.91 Å². The molecule has 0 bridgehead atoms. The Balaban J connectivity index is 3.85. The number of carbonyl (C=O) groups is 1. The molecule has 5 N–H and O–H groups in total. The van der Waals surface area contributed by atoms with Crippen molar-refractivity contribution in [2.75, 3.05) is 6.61 Å². The molecule has 6 nitrogen and oxygen atoms in total. The molecule has 41 heavy (non-hydrogen) atoms. The van der Waals surface area contributed by atoms with E-state index < -0.39 is 36.9 Å². The van der Waals surface area contributed by atoms with Gasteiger partial charge in [-0.1, -0.05) is 122 Å². The van der Waals surface area contributed by atoms with Gasteiger partial charge in [-0.25, -0.2) is 0 Å². The van der Waals surface area contributed by atoms with Crippen LogP contribution in [0.1, 0.15) is 162 Å². The Morgan fingerprint density at radius 2 is 1.00 bits per heavy atom. The normalized spacial score (nSPS) is 15.0. The molecule has 0 aromatic heterocycles. The summed E-state index contributed by atoms with van der Waals surface area (Å²) in [6, 6.07) is -1.00. The summed E-state index contributed by atoms with van der Waals surface area (Å²) in [5, 5.41) is 43.1. The zero-order valence-corrected chi connectivity index (χ0v) is 26.8. The summed E-state index contributed by atoms with van der Waals surface area (Å²) < 4.78 is 0. The van der Waals surface area contributed by atoms with Crippen LogP contribution < -0.4 is 5.32 Å². The molecule has 0 saturated carbocycles. The molecule has 0 rings (SSSR count). The van der Waals surface area contributed by atoms with Crippen LogP contribution >= 0.6 is 0 Å². The lowest BCUT2D eigenvalue weighted by Gasteiger charge is -2.27. The smallest absolute Gasteiger partial charge is 0.249 e. The molecule has 0 heterocycles. The Morgan fingerprint density at radius 1 is 0.585 bits per heavy atom. The molecule has 1 amide bonds. The third-order valence-electron chi connectivity index (χ3n) is 7.88. The van der Waals surface area contributed by atoms with Crippen molar-refractivity contribution in [3.8, 4) is 0 Å². The van der Waals surface area contributed by atoms with Crippen LogP contribution in [-0.2, 0) is 4.79 Å². The molecule has 6 heteroatoms. The molecule has 0 aromatic carbocycles. The number of rotatable bonds is 30. The maximum atomic E-state index is 12.4. The fourth-order valence-corrected chi connectivity index (χ4v) is 5.04. The summed E-state index contributed by atoms with van der Waals surface area (Å²) in [6.45, 7) is 3.94. The van der Waals surface area contributed by atoms with E-state index in [1.165, 1.54) is 83.5 Å². The molecule has 0 aliphatic heterocycles. The molecule has 0 fully saturated rings. The Kier molecular flexibility index (Phi) is 29.4. The first-order valence-corrected chi connectivity index (χ1v) is 17.2. The molecule has 0 saturated heterocycles. The Morgan fingerprint density at radius 3 is 1.51 bits per heavy atom. The van der Waals surface area contributed by atoms with Crippen LogP contribution in [-0.4, -0.2) is 57.3 Å². The van der Waals surface area contributed by atoms with Gasteiger partial charge in [-0.2, -0.15) is 0 Å². The van der Waals surface area contributed by atoms with Gasteiger partial charge in [-0.3, -0.25) is 4.79 Å². The van der Waals surface area contributed by atoms with Crippen molar-refractivity contribution in [3.05, 3.63) is 24.3 Å². The molecule has 4 atom stereocenters. The number of allylic oxidation sites excluding steroid dienone is 4. The van der Waals surface area contributed by atoms with Crippen LogP contribution in [0, 0.1) is 0 Å². The van der Waals surface area contributed by atoms with Gasteiger partial charge in [-0.05, 0) is 64.2 Å². The first-order chi connectivity index (χ1) is 20.0. The van der Waals surface area contributed by atoms with E-state index in [1.54, 1.807) is 0 Å². The minimum atomic E-state index is -1.28. The van der Waals surface area contributed by atoms with Gasteiger partial charge in [0.2, 0.25) is 5.91 Å². The molecule has 0 aliphatic rings. The molecule has 0 radical (unpaired) electrons. The number of hydrogen-bond acceptors (Lipinski definition) is 5. The summed E-state index contributed by atoms with van der Waals surface area (Å²) in [5.41, 5.74) is 0. The SMILES string of the molecule is CCCCC/C=C/CCCC(O)C(O)C(CO)NC(=O)C(O)CCCCCC/C=C\CCCCCCCCCCC. The average molecular weight is 582 g/mol. The number of unbranched alkanes of at least 4 members (excludes halogenated alkanes) is 17. The lowest BCUT2D eigenvalue weighted by molar-refractivity contribution is -0.132. The third kappa shape index (κ3) is 25.0. The second-order valence-corrected chi connectivity index (χ2v) is 11.8. The van der Waals surface area contributed by atoms with Crippen molar-refractivity contribution in [2.45, 2.75) is 186 Å². The predicted molar refractivity (Wildman–Crippen MR) is 173 cm³/mol. The van der Waals surface area contributed by atoms with Crippen LogP contribution in [0.3, 0.4) is 0 Å². The van der Waals surface area contributed by atoms with E-state index in [-0.39, 0.29) is 0 Å². The highest BCUT2D eigenvalue weighted by Gasteiger charge is 2.28. The van der Waals surface area contributed by atoms with Gasteiger partial charge in [0.1, 0.15) is 12.2 Å². The standard InChI is InChI=1S/C35H67NO5/c1-3-5-7-9-11-13-14-15-16-17-18-19-20-21-23-25-27-29-33(39)35(41)36-31(30-37)34(40)32(38)28-26-24-22-12-10-8-6-4-2/h12,18-19,22,31-34,37-40H,3-11,13-17,20-21,23-30H2,1-2H3,(H,36,41)/b19-18-,22-12+. The summed E-state index contributed by atoms with van der Waals surface area (Å²) in [6.07, 6.45) is 30.7. The Labute approximate surface area is 253 Å². The van der Waals surface area contributed by atoms with E-state index in [4.69, 9.17) is 0 Å². The van der Waals surface area contributed by atoms with E-state index in [2.05, 4.69) is 43.5 Å². The van der Waals surface area contributed by atoms with E-state index in [9.17, 15) is 25.2 Å². The molecule has 0 spiro atoms. The number of hydrogen-bond donors (Lipinski definition) is 5. The quantitative estimate of drug-likeness (QED) is 0.0442. The molecule has 242 valence electrons. The number of aliphatic hydroxyl groups is 4. The minimum absolute atomic E-state index is 0.349. The Hall–Kier alpha value is -1.21. The number of carbonyl (C=O) groups excluding carboxylic acids is 1. The molecule has 0 aromatic rings.